The number of nitrogens with zero attached hydrogens (tertiary/aromatic N) is 4. The van der Waals surface area contributed by atoms with Crippen LogP contribution in [0.15, 0.2) is 30.5 Å². The minimum atomic E-state index is -1.08. The minimum Gasteiger partial charge on any atom is -0.496 e. The smallest absolute Gasteiger partial charge is 0.355 e. The van der Waals surface area contributed by atoms with Gasteiger partial charge in [-0.05, 0) is 13.1 Å². The average molecular weight is 328 g/mol. The number of piperazine rings is 1. The van der Waals surface area contributed by atoms with E-state index in [0.717, 1.165) is 26.2 Å². The zero-order valence-electron chi connectivity index (χ0n) is 13.8. The maximum Gasteiger partial charge on any atom is 0.355 e. The number of benzene rings is 1. The summed E-state index contributed by atoms with van der Waals surface area (Å²) in [7, 11) is 3.62. The molecular weight excluding hydrogens is 308 g/mol. The molecule has 7 nitrogen and oxygen atoms in total. The molecule has 0 aliphatic carbocycles. The summed E-state index contributed by atoms with van der Waals surface area (Å²) in [4.78, 5) is 24.7. The highest BCUT2D eigenvalue weighted by Gasteiger charge is 2.22. The molecule has 2 heterocycles. The van der Waals surface area contributed by atoms with Crippen LogP contribution in [-0.4, -0.2) is 66.3 Å². The van der Waals surface area contributed by atoms with Crippen LogP contribution in [0.3, 0.4) is 0 Å². The summed E-state index contributed by atoms with van der Waals surface area (Å²) in [5.74, 6) is -0.0243. The number of hydrogen-bond acceptors (Lipinski definition) is 6. The molecule has 1 aromatic carbocycles. The lowest BCUT2D eigenvalue weighted by atomic mass is 10.0. The van der Waals surface area contributed by atoms with E-state index in [4.69, 9.17) is 4.74 Å². The molecule has 1 N–H and O–H groups in total. The quantitative estimate of drug-likeness (QED) is 0.913. The van der Waals surface area contributed by atoms with Gasteiger partial charge in [-0.1, -0.05) is 18.2 Å². The molecule has 3 rings (SSSR count). The van der Waals surface area contributed by atoms with E-state index in [1.165, 1.54) is 0 Å². The number of aromatic carboxylic acids is 1. The largest absolute Gasteiger partial charge is 0.496 e. The van der Waals surface area contributed by atoms with Crippen LogP contribution in [0.1, 0.15) is 10.5 Å². The van der Waals surface area contributed by atoms with E-state index in [0.29, 0.717) is 22.8 Å². The number of carbonyl (C=O) groups is 1. The second-order valence-electron chi connectivity index (χ2n) is 5.73. The second kappa shape index (κ2) is 6.84. The van der Waals surface area contributed by atoms with Crippen LogP contribution in [0.2, 0.25) is 0 Å². The highest BCUT2D eigenvalue weighted by Crippen LogP contribution is 2.31. The Bertz CT molecular complexity index is 742. The number of methoxy groups -OCH3 is 1. The molecule has 24 heavy (non-hydrogen) atoms. The van der Waals surface area contributed by atoms with E-state index in [1.807, 2.05) is 17.0 Å². The normalized spacial score (nSPS) is 15.3. The van der Waals surface area contributed by atoms with E-state index < -0.39 is 5.97 Å². The summed E-state index contributed by atoms with van der Waals surface area (Å²) in [6.07, 6.45) is 1.57. The highest BCUT2D eigenvalue weighted by molar-refractivity contribution is 5.95. The Morgan fingerprint density at radius 1 is 1.17 bits per heavy atom. The van der Waals surface area contributed by atoms with Gasteiger partial charge in [-0.25, -0.2) is 14.8 Å². The van der Waals surface area contributed by atoms with Crippen molar-refractivity contribution in [2.45, 2.75) is 0 Å². The molecule has 126 valence electrons. The average Bonchev–Trinajstić information content (AvgIpc) is 2.62. The van der Waals surface area contributed by atoms with Gasteiger partial charge in [-0.15, -0.1) is 0 Å². The molecule has 0 spiro atoms. The lowest BCUT2D eigenvalue weighted by molar-refractivity contribution is 0.0691. The molecule has 1 aromatic heterocycles. The van der Waals surface area contributed by atoms with Crippen LogP contribution in [0, 0.1) is 0 Å². The number of carboxylic acid groups (broad SMARTS) is 1. The van der Waals surface area contributed by atoms with Crippen molar-refractivity contribution < 1.29 is 14.6 Å². The molecule has 0 saturated carbocycles. The fraction of sp³-hybridized carbons (Fsp3) is 0.353. The molecule has 0 unspecified atom stereocenters. The molecule has 1 aliphatic heterocycles. The van der Waals surface area contributed by atoms with Crippen molar-refractivity contribution in [3.8, 4) is 16.9 Å². The maximum atomic E-state index is 11.7. The van der Waals surface area contributed by atoms with Gasteiger partial charge in [0.05, 0.1) is 7.11 Å². The first kappa shape index (κ1) is 16.2. The van der Waals surface area contributed by atoms with Crippen LogP contribution < -0.4 is 9.64 Å². The van der Waals surface area contributed by atoms with E-state index in [-0.39, 0.29) is 5.69 Å². The molecule has 0 atom stereocenters. The third-order valence-electron chi connectivity index (χ3n) is 4.16. The monoisotopic (exact) mass is 328 g/mol. The van der Waals surface area contributed by atoms with E-state index in [2.05, 4.69) is 21.9 Å². The standard InChI is InChI=1S/C17H20N4O3/c1-20-7-9-21(10-8-20)17-18-11-13(15(19-17)16(22)23)12-5-3-4-6-14(12)24-2/h3-6,11H,7-10H2,1-2H3,(H,22,23). The SMILES string of the molecule is COc1ccccc1-c1cnc(N2CCN(C)CC2)nc1C(=O)O. The van der Waals surface area contributed by atoms with Crippen molar-refractivity contribution in [3.63, 3.8) is 0 Å². The fourth-order valence-electron chi connectivity index (χ4n) is 2.76. The van der Waals surface area contributed by atoms with Crippen molar-refractivity contribution in [1.29, 1.82) is 0 Å². The summed E-state index contributed by atoms with van der Waals surface area (Å²) < 4.78 is 5.33. The maximum absolute atomic E-state index is 11.7. The lowest BCUT2D eigenvalue weighted by Crippen LogP contribution is -2.45. The van der Waals surface area contributed by atoms with Crippen molar-refractivity contribution in [2.24, 2.45) is 0 Å². The zero-order valence-corrected chi connectivity index (χ0v) is 13.8. The molecule has 7 heteroatoms. The van der Waals surface area contributed by atoms with Crippen LogP contribution in [0.4, 0.5) is 5.95 Å². The van der Waals surface area contributed by atoms with Crippen LogP contribution >= 0.6 is 0 Å². The molecule has 0 amide bonds. The molecule has 0 radical (unpaired) electrons. The Morgan fingerprint density at radius 2 is 1.88 bits per heavy atom. The third-order valence-corrected chi connectivity index (χ3v) is 4.16. The number of rotatable bonds is 4. The number of likely N-dealkylation sites (N-methyl/N-ethyl adjacent to an activating group) is 1. The van der Waals surface area contributed by atoms with Gasteiger partial charge in [-0.3, -0.25) is 0 Å². The highest BCUT2D eigenvalue weighted by atomic mass is 16.5. The first-order valence-electron chi connectivity index (χ1n) is 7.77. The van der Waals surface area contributed by atoms with Crippen LogP contribution in [-0.2, 0) is 0 Å². The number of para-hydroxylation sites is 1. The molecule has 1 aliphatic rings. The Hall–Kier alpha value is -2.67. The summed E-state index contributed by atoms with van der Waals surface area (Å²) in [5.41, 5.74) is 1.11. The van der Waals surface area contributed by atoms with Gasteiger partial charge in [0.15, 0.2) is 5.69 Å². The Labute approximate surface area is 140 Å². The van der Waals surface area contributed by atoms with E-state index in [1.54, 1.807) is 25.4 Å². The third kappa shape index (κ3) is 3.16. The molecule has 1 fully saturated rings. The molecular formula is C17H20N4O3. The fourth-order valence-corrected chi connectivity index (χ4v) is 2.76. The number of carboxylic acids is 1. The van der Waals surface area contributed by atoms with Gasteiger partial charge in [0.1, 0.15) is 5.75 Å². The Kier molecular flexibility index (Phi) is 4.61. The topological polar surface area (TPSA) is 78.8 Å². The van der Waals surface area contributed by atoms with Gasteiger partial charge in [0, 0.05) is 43.5 Å². The van der Waals surface area contributed by atoms with Gasteiger partial charge < -0.3 is 19.6 Å². The first-order valence-corrected chi connectivity index (χ1v) is 7.77. The van der Waals surface area contributed by atoms with Gasteiger partial charge in [-0.2, -0.15) is 0 Å². The predicted octanol–water partition coefficient (Wildman–Crippen LogP) is 1.60. The summed E-state index contributed by atoms with van der Waals surface area (Å²) in [6, 6.07) is 7.26. The number of hydrogen-bond donors (Lipinski definition) is 1. The molecule has 0 bridgehead atoms. The number of anilines is 1. The molecule has 2 aromatic rings. The van der Waals surface area contributed by atoms with Crippen molar-refractivity contribution in [2.75, 3.05) is 45.2 Å². The number of ether oxygens (including phenoxy) is 1. The Balaban J connectivity index is 2.01. The minimum absolute atomic E-state index is 0.0107. The summed E-state index contributed by atoms with van der Waals surface area (Å²) in [5, 5.41) is 9.60. The second-order valence-corrected chi connectivity index (χ2v) is 5.73. The first-order chi connectivity index (χ1) is 11.6. The van der Waals surface area contributed by atoms with Crippen LogP contribution in [0.5, 0.6) is 5.75 Å². The van der Waals surface area contributed by atoms with Crippen LogP contribution in [0.25, 0.3) is 11.1 Å². The van der Waals surface area contributed by atoms with Gasteiger partial charge >= 0.3 is 5.97 Å². The summed E-state index contributed by atoms with van der Waals surface area (Å²) >= 11 is 0. The molecule has 1 saturated heterocycles. The summed E-state index contributed by atoms with van der Waals surface area (Å²) in [6.45, 7) is 3.37. The van der Waals surface area contributed by atoms with Gasteiger partial charge in [0.25, 0.3) is 0 Å². The lowest BCUT2D eigenvalue weighted by Gasteiger charge is -2.32. The predicted molar refractivity (Wildman–Crippen MR) is 90.7 cm³/mol. The number of aromatic nitrogens is 2. The van der Waals surface area contributed by atoms with Gasteiger partial charge in [0.2, 0.25) is 5.95 Å². The zero-order chi connectivity index (χ0) is 17.1. The van der Waals surface area contributed by atoms with Crippen molar-refractivity contribution in [3.05, 3.63) is 36.2 Å². The Morgan fingerprint density at radius 3 is 2.54 bits per heavy atom. The van der Waals surface area contributed by atoms with E-state index >= 15 is 0 Å². The van der Waals surface area contributed by atoms with Crippen molar-refractivity contribution >= 4 is 11.9 Å². The van der Waals surface area contributed by atoms with Crippen molar-refractivity contribution in [1.82, 2.24) is 14.9 Å². The van der Waals surface area contributed by atoms with E-state index in [9.17, 15) is 9.90 Å².